The first-order chi connectivity index (χ1) is 12.2. The lowest BCUT2D eigenvalue weighted by Gasteiger charge is -2.15. The summed E-state index contributed by atoms with van der Waals surface area (Å²) >= 11 is 3.33. The van der Waals surface area contributed by atoms with Crippen LogP contribution in [-0.4, -0.2) is 4.98 Å². The number of fused-ring (bicyclic) bond motifs is 1. The number of hydrogen-bond donors (Lipinski definition) is 2. The molecule has 0 fully saturated rings. The van der Waals surface area contributed by atoms with Crippen molar-refractivity contribution in [3.05, 3.63) is 66.1 Å². The summed E-state index contributed by atoms with van der Waals surface area (Å²) in [6.45, 7) is 7.00. The second-order valence-corrected chi connectivity index (χ2v) is 7.27. The molecule has 0 radical (unpaired) electrons. The standard InChI is InChI=1S/C19H18BrFN2O3/c1-8(2)11-6-5-7-12(15(11)21)23-16-9(3)19(25)26-17-13(16)18(24)22-10(4)14(17)20/h5-8,23H,1-4H3,(H,22,24). The fourth-order valence-corrected chi connectivity index (χ4v) is 3.21. The molecule has 0 aliphatic carbocycles. The van der Waals surface area contributed by atoms with Crippen molar-refractivity contribution in [2.45, 2.75) is 33.6 Å². The van der Waals surface area contributed by atoms with Crippen molar-refractivity contribution in [1.29, 1.82) is 0 Å². The number of hydrogen-bond acceptors (Lipinski definition) is 4. The average Bonchev–Trinajstić information content (AvgIpc) is 2.57. The molecule has 2 heterocycles. The topological polar surface area (TPSA) is 75.1 Å². The van der Waals surface area contributed by atoms with Gasteiger partial charge in [0.15, 0.2) is 5.58 Å². The summed E-state index contributed by atoms with van der Waals surface area (Å²) in [5.74, 6) is -0.415. The van der Waals surface area contributed by atoms with Crippen LogP contribution < -0.4 is 16.5 Å². The zero-order chi connectivity index (χ0) is 19.2. The molecule has 0 saturated heterocycles. The lowest BCUT2D eigenvalue weighted by atomic mass is 10.0. The molecule has 0 atom stereocenters. The molecule has 2 N–H and O–H groups in total. The average molecular weight is 421 g/mol. The van der Waals surface area contributed by atoms with E-state index in [9.17, 15) is 14.0 Å². The molecular formula is C19H18BrFN2O3. The lowest BCUT2D eigenvalue weighted by Crippen LogP contribution is -2.16. The first-order valence-corrected chi connectivity index (χ1v) is 8.92. The Kier molecular flexibility index (Phi) is 4.75. The normalized spacial score (nSPS) is 11.3. The molecule has 0 aliphatic rings. The first-order valence-electron chi connectivity index (χ1n) is 8.13. The summed E-state index contributed by atoms with van der Waals surface area (Å²) in [7, 11) is 0. The fraction of sp³-hybridized carbons (Fsp3) is 0.263. The maximum atomic E-state index is 14.8. The van der Waals surface area contributed by atoms with Crippen LogP contribution in [0.5, 0.6) is 0 Å². The van der Waals surface area contributed by atoms with Gasteiger partial charge in [-0.2, -0.15) is 0 Å². The summed E-state index contributed by atoms with van der Waals surface area (Å²) in [5, 5.41) is 3.09. The Bertz CT molecular complexity index is 1130. The summed E-state index contributed by atoms with van der Waals surface area (Å²) in [6, 6.07) is 5.01. The minimum Gasteiger partial charge on any atom is -0.421 e. The third kappa shape index (κ3) is 2.96. The Balaban J connectivity index is 2.32. The summed E-state index contributed by atoms with van der Waals surface area (Å²) in [4.78, 5) is 27.5. The van der Waals surface area contributed by atoms with Crippen molar-refractivity contribution in [3.8, 4) is 0 Å². The van der Waals surface area contributed by atoms with Crippen molar-refractivity contribution >= 4 is 38.3 Å². The zero-order valence-corrected chi connectivity index (χ0v) is 16.4. The molecule has 3 aromatic rings. The van der Waals surface area contributed by atoms with Gasteiger partial charge in [-0.15, -0.1) is 0 Å². The van der Waals surface area contributed by atoms with E-state index in [1.165, 1.54) is 6.92 Å². The van der Waals surface area contributed by atoms with Gasteiger partial charge in [-0.3, -0.25) is 4.79 Å². The number of H-pyrrole nitrogens is 1. The predicted molar refractivity (Wildman–Crippen MR) is 104 cm³/mol. The third-order valence-electron chi connectivity index (χ3n) is 4.32. The Morgan fingerprint density at radius 2 is 1.92 bits per heavy atom. The van der Waals surface area contributed by atoms with Gasteiger partial charge in [0.25, 0.3) is 5.56 Å². The van der Waals surface area contributed by atoms with E-state index in [0.717, 1.165) is 0 Å². The van der Waals surface area contributed by atoms with Crippen LogP contribution in [0.2, 0.25) is 0 Å². The number of nitrogens with one attached hydrogen (secondary N) is 2. The van der Waals surface area contributed by atoms with Gasteiger partial charge < -0.3 is 14.7 Å². The molecule has 26 heavy (non-hydrogen) atoms. The Hall–Kier alpha value is -2.41. The molecule has 0 unspecified atom stereocenters. The molecule has 0 spiro atoms. The Morgan fingerprint density at radius 3 is 2.58 bits per heavy atom. The largest absolute Gasteiger partial charge is 0.421 e. The molecule has 136 valence electrons. The number of pyridine rings is 1. The van der Waals surface area contributed by atoms with E-state index in [0.29, 0.717) is 15.7 Å². The predicted octanol–water partition coefficient (Wildman–Crippen LogP) is 4.87. The van der Waals surface area contributed by atoms with E-state index < -0.39 is 17.0 Å². The third-order valence-corrected chi connectivity index (χ3v) is 5.27. The summed E-state index contributed by atoms with van der Waals surface area (Å²) in [6.07, 6.45) is 0. The van der Waals surface area contributed by atoms with Crippen LogP contribution in [0.3, 0.4) is 0 Å². The van der Waals surface area contributed by atoms with Crippen molar-refractivity contribution < 1.29 is 8.81 Å². The molecule has 5 nitrogen and oxygen atoms in total. The van der Waals surface area contributed by atoms with Gasteiger partial charge in [0.1, 0.15) is 11.2 Å². The highest BCUT2D eigenvalue weighted by molar-refractivity contribution is 9.10. The van der Waals surface area contributed by atoms with Crippen LogP contribution in [0.25, 0.3) is 11.0 Å². The van der Waals surface area contributed by atoms with Crippen LogP contribution in [-0.2, 0) is 0 Å². The maximum absolute atomic E-state index is 14.8. The smallest absolute Gasteiger partial charge is 0.341 e. The van der Waals surface area contributed by atoms with Gasteiger partial charge in [0.05, 0.1) is 21.4 Å². The van der Waals surface area contributed by atoms with E-state index >= 15 is 0 Å². The van der Waals surface area contributed by atoms with Crippen molar-refractivity contribution in [1.82, 2.24) is 4.98 Å². The second-order valence-electron chi connectivity index (χ2n) is 6.48. The molecule has 0 aliphatic heterocycles. The van der Waals surface area contributed by atoms with Crippen molar-refractivity contribution in [3.63, 3.8) is 0 Å². The van der Waals surface area contributed by atoms with Crippen LogP contribution in [0.4, 0.5) is 15.8 Å². The molecule has 0 bridgehead atoms. The van der Waals surface area contributed by atoms with E-state index in [1.807, 2.05) is 13.8 Å². The molecule has 3 rings (SSSR count). The van der Waals surface area contributed by atoms with Gasteiger partial charge in [0.2, 0.25) is 0 Å². The van der Waals surface area contributed by atoms with Crippen molar-refractivity contribution in [2.24, 2.45) is 0 Å². The maximum Gasteiger partial charge on any atom is 0.341 e. The van der Waals surface area contributed by atoms with Crippen molar-refractivity contribution in [2.75, 3.05) is 5.32 Å². The monoisotopic (exact) mass is 420 g/mol. The summed E-state index contributed by atoms with van der Waals surface area (Å²) < 4.78 is 20.6. The van der Waals surface area contributed by atoms with Gasteiger partial charge in [0, 0.05) is 5.69 Å². The molecule has 7 heteroatoms. The number of benzene rings is 1. The first kappa shape index (κ1) is 18.4. The van der Waals surface area contributed by atoms with Gasteiger partial charge in [-0.25, -0.2) is 9.18 Å². The molecular weight excluding hydrogens is 403 g/mol. The number of aromatic nitrogens is 1. The molecule has 0 saturated carbocycles. The number of halogens is 2. The fourth-order valence-electron chi connectivity index (χ4n) is 2.84. The molecule has 1 aromatic carbocycles. The van der Waals surface area contributed by atoms with Crippen LogP contribution in [0.1, 0.15) is 36.6 Å². The van der Waals surface area contributed by atoms with Gasteiger partial charge >= 0.3 is 5.63 Å². The Morgan fingerprint density at radius 1 is 1.23 bits per heavy atom. The van der Waals surface area contributed by atoms with Crippen LogP contribution >= 0.6 is 15.9 Å². The highest BCUT2D eigenvalue weighted by Crippen LogP contribution is 2.32. The highest BCUT2D eigenvalue weighted by atomic mass is 79.9. The number of aromatic amines is 1. The number of aryl methyl sites for hydroxylation is 1. The minimum atomic E-state index is -0.592. The van der Waals surface area contributed by atoms with E-state index in [4.69, 9.17) is 4.42 Å². The number of rotatable bonds is 3. The van der Waals surface area contributed by atoms with Crippen LogP contribution in [0, 0.1) is 19.7 Å². The molecule has 2 aromatic heterocycles. The van der Waals surface area contributed by atoms with E-state index in [-0.39, 0.29) is 33.8 Å². The zero-order valence-electron chi connectivity index (χ0n) is 14.8. The van der Waals surface area contributed by atoms with Crippen LogP contribution in [0.15, 0.2) is 36.7 Å². The second kappa shape index (κ2) is 6.72. The Labute approximate surface area is 157 Å². The minimum absolute atomic E-state index is 0.00405. The summed E-state index contributed by atoms with van der Waals surface area (Å²) in [5.41, 5.74) is 0.832. The van der Waals surface area contributed by atoms with E-state index in [1.54, 1.807) is 25.1 Å². The van der Waals surface area contributed by atoms with E-state index in [2.05, 4.69) is 26.2 Å². The van der Waals surface area contributed by atoms with Gasteiger partial charge in [-0.05, 0) is 47.3 Å². The quantitative estimate of drug-likeness (QED) is 0.633. The SMILES string of the molecule is Cc1[nH]c(=O)c2c(Nc3cccc(C(C)C)c3F)c(C)c(=O)oc2c1Br. The molecule has 0 amide bonds. The van der Waals surface area contributed by atoms with Gasteiger partial charge in [-0.1, -0.05) is 26.0 Å². The number of anilines is 2. The highest BCUT2D eigenvalue weighted by Gasteiger charge is 2.20. The lowest BCUT2D eigenvalue weighted by molar-refractivity contribution is 0.552.